The standard InChI is InChI=1S/C15H25N3OS.HI/c1-3-19-12-11-18-15(16-2)17-10-7-13-20-14-8-5-4-6-9-14;/h4-6,8-9H,3,7,10-13H2,1-2H3,(H2,16,17,18);1H. The van der Waals surface area contributed by atoms with Crippen molar-refractivity contribution in [3.8, 4) is 0 Å². The quantitative estimate of drug-likeness (QED) is 0.211. The first kappa shape index (κ1) is 20.5. The predicted molar refractivity (Wildman–Crippen MR) is 103 cm³/mol. The van der Waals surface area contributed by atoms with Crippen LogP contribution in [-0.2, 0) is 4.74 Å². The molecule has 0 spiro atoms. The van der Waals surface area contributed by atoms with Gasteiger partial charge in [0.1, 0.15) is 0 Å². The molecule has 0 radical (unpaired) electrons. The van der Waals surface area contributed by atoms with Crippen molar-refractivity contribution in [2.75, 3.05) is 39.1 Å². The van der Waals surface area contributed by atoms with Crippen LogP contribution in [0.2, 0.25) is 0 Å². The zero-order valence-corrected chi connectivity index (χ0v) is 15.9. The van der Waals surface area contributed by atoms with Crippen molar-refractivity contribution in [2.24, 2.45) is 4.99 Å². The molecule has 0 aliphatic carbocycles. The van der Waals surface area contributed by atoms with Crippen molar-refractivity contribution in [3.63, 3.8) is 0 Å². The largest absolute Gasteiger partial charge is 0.380 e. The Morgan fingerprint density at radius 3 is 2.57 bits per heavy atom. The first-order chi connectivity index (χ1) is 9.86. The molecule has 0 amide bonds. The molecule has 4 nitrogen and oxygen atoms in total. The number of guanidine groups is 1. The minimum atomic E-state index is 0. The molecule has 1 rings (SSSR count). The summed E-state index contributed by atoms with van der Waals surface area (Å²) in [6.45, 7) is 5.17. The number of aliphatic imine (C=N–C) groups is 1. The van der Waals surface area contributed by atoms with Gasteiger partial charge in [-0.2, -0.15) is 0 Å². The number of benzene rings is 1. The third-order valence-electron chi connectivity index (χ3n) is 2.59. The van der Waals surface area contributed by atoms with E-state index < -0.39 is 0 Å². The SMILES string of the molecule is CCOCCNC(=NC)NCCCSc1ccccc1.I. The van der Waals surface area contributed by atoms with Gasteiger partial charge in [0, 0.05) is 31.6 Å². The maximum absolute atomic E-state index is 5.27. The van der Waals surface area contributed by atoms with Crippen LogP contribution < -0.4 is 10.6 Å². The summed E-state index contributed by atoms with van der Waals surface area (Å²) in [5, 5.41) is 6.52. The number of halogens is 1. The van der Waals surface area contributed by atoms with Gasteiger partial charge in [0.05, 0.1) is 6.61 Å². The third-order valence-corrected chi connectivity index (χ3v) is 3.69. The van der Waals surface area contributed by atoms with Crippen molar-refractivity contribution in [1.82, 2.24) is 10.6 Å². The minimum absolute atomic E-state index is 0. The Kier molecular flexibility index (Phi) is 14.1. The molecule has 0 saturated heterocycles. The topological polar surface area (TPSA) is 45.6 Å². The maximum atomic E-state index is 5.27. The van der Waals surface area contributed by atoms with Crippen LogP contribution in [0.5, 0.6) is 0 Å². The Morgan fingerprint density at radius 2 is 1.90 bits per heavy atom. The van der Waals surface area contributed by atoms with Gasteiger partial charge in [0.25, 0.3) is 0 Å². The van der Waals surface area contributed by atoms with E-state index in [0.717, 1.165) is 37.8 Å². The molecular formula is C15H26IN3OS. The van der Waals surface area contributed by atoms with Gasteiger partial charge in [-0.3, -0.25) is 4.99 Å². The smallest absolute Gasteiger partial charge is 0.191 e. The summed E-state index contributed by atoms with van der Waals surface area (Å²) in [7, 11) is 1.79. The van der Waals surface area contributed by atoms with Gasteiger partial charge in [0.2, 0.25) is 0 Å². The van der Waals surface area contributed by atoms with Crippen molar-refractivity contribution in [3.05, 3.63) is 30.3 Å². The van der Waals surface area contributed by atoms with E-state index in [2.05, 4.69) is 39.9 Å². The van der Waals surface area contributed by atoms with Gasteiger partial charge < -0.3 is 15.4 Å². The molecule has 0 unspecified atom stereocenters. The number of hydrogen-bond donors (Lipinski definition) is 2. The van der Waals surface area contributed by atoms with Crippen LogP contribution in [0.15, 0.2) is 40.2 Å². The predicted octanol–water partition coefficient (Wildman–Crippen LogP) is 2.99. The Bertz CT molecular complexity index is 376. The lowest BCUT2D eigenvalue weighted by molar-refractivity contribution is 0.152. The van der Waals surface area contributed by atoms with E-state index in [1.54, 1.807) is 7.05 Å². The number of rotatable bonds is 9. The monoisotopic (exact) mass is 423 g/mol. The van der Waals surface area contributed by atoms with Crippen molar-refractivity contribution in [2.45, 2.75) is 18.2 Å². The molecule has 2 N–H and O–H groups in total. The summed E-state index contributed by atoms with van der Waals surface area (Å²) in [5.74, 6) is 1.95. The van der Waals surface area contributed by atoms with Crippen molar-refractivity contribution < 1.29 is 4.74 Å². The Hall–Kier alpha value is -0.470. The van der Waals surface area contributed by atoms with Crippen LogP contribution in [0.3, 0.4) is 0 Å². The van der Waals surface area contributed by atoms with E-state index in [9.17, 15) is 0 Å². The van der Waals surface area contributed by atoms with Crippen molar-refractivity contribution >= 4 is 41.7 Å². The van der Waals surface area contributed by atoms with Gasteiger partial charge in [-0.25, -0.2) is 0 Å². The molecule has 1 aromatic rings. The second-order valence-corrected chi connectivity index (χ2v) is 5.31. The molecule has 0 heterocycles. The normalized spacial score (nSPS) is 10.9. The molecule has 1 aromatic carbocycles. The molecule has 0 aliphatic rings. The second-order valence-electron chi connectivity index (χ2n) is 4.14. The zero-order valence-electron chi connectivity index (χ0n) is 12.8. The summed E-state index contributed by atoms with van der Waals surface area (Å²) >= 11 is 1.88. The first-order valence-corrected chi connectivity index (χ1v) is 8.05. The molecule has 120 valence electrons. The summed E-state index contributed by atoms with van der Waals surface area (Å²) in [6.07, 6.45) is 1.10. The van der Waals surface area contributed by atoms with Crippen LogP contribution in [0, 0.1) is 0 Å². The number of thioether (sulfide) groups is 1. The summed E-state index contributed by atoms with van der Waals surface area (Å²) in [4.78, 5) is 5.50. The fraction of sp³-hybridized carbons (Fsp3) is 0.533. The highest BCUT2D eigenvalue weighted by molar-refractivity contribution is 14.0. The van der Waals surface area contributed by atoms with E-state index >= 15 is 0 Å². The first-order valence-electron chi connectivity index (χ1n) is 7.07. The van der Waals surface area contributed by atoms with E-state index in [1.165, 1.54) is 4.90 Å². The molecule has 0 atom stereocenters. The van der Waals surface area contributed by atoms with Crippen LogP contribution in [0.1, 0.15) is 13.3 Å². The highest BCUT2D eigenvalue weighted by Gasteiger charge is 1.97. The average molecular weight is 423 g/mol. The lowest BCUT2D eigenvalue weighted by Gasteiger charge is -2.11. The summed E-state index contributed by atoms with van der Waals surface area (Å²) in [5.41, 5.74) is 0. The van der Waals surface area contributed by atoms with Gasteiger partial charge in [-0.1, -0.05) is 18.2 Å². The molecule has 0 aliphatic heterocycles. The number of hydrogen-bond acceptors (Lipinski definition) is 3. The summed E-state index contributed by atoms with van der Waals surface area (Å²) < 4.78 is 5.27. The molecule has 0 saturated carbocycles. The van der Waals surface area contributed by atoms with Gasteiger partial charge >= 0.3 is 0 Å². The van der Waals surface area contributed by atoms with Crippen LogP contribution in [0.25, 0.3) is 0 Å². The van der Waals surface area contributed by atoms with Crippen LogP contribution in [-0.4, -0.2) is 45.1 Å². The van der Waals surface area contributed by atoms with Gasteiger partial charge in [-0.15, -0.1) is 35.7 Å². The third kappa shape index (κ3) is 10.8. The zero-order chi connectivity index (χ0) is 14.5. The molecule has 0 aromatic heterocycles. The van der Waals surface area contributed by atoms with Crippen molar-refractivity contribution in [1.29, 1.82) is 0 Å². The average Bonchev–Trinajstić information content (AvgIpc) is 2.50. The summed E-state index contributed by atoms with van der Waals surface area (Å²) in [6, 6.07) is 10.5. The highest BCUT2D eigenvalue weighted by atomic mass is 127. The number of nitrogens with one attached hydrogen (secondary N) is 2. The van der Waals surface area contributed by atoms with Gasteiger partial charge in [0.15, 0.2) is 5.96 Å². The Labute approximate surface area is 149 Å². The minimum Gasteiger partial charge on any atom is -0.380 e. The molecule has 0 bridgehead atoms. The van der Waals surface area contributed by atoms with Crippen LogP contribution in [0.4, 0.5) is 0 Å². The lowest BCUT2D eigenvalue weighted by Crippen LogP contribution is -2.39. The van der Waals surface area contributed by atoms with Crippen LogP contribution >= 0.6 is 35.7 Å². The fourth-order valence-electron chi connectivity index (χ4n) is 1.59. The van der Waals surface area contributed by atoms with E-state index in [0.29, 0.717) is 6.61 Å². The number of ether oxygens (including phenoxy) is 1. The molecule has 21 heavy (non-hydrogen) atoms. The van der Waals surface area contributed by atoms with E-state index in [1.807, 2.05) is 24.8 Å². The second kappa shape index (κ2) is 14.5. The molecular weight excluding hydrogens is 397 g/mol. The Balaban J connectivity index is 0.00000400. The number of nitrogens with zero attached hydrogens (tertiary/aromatic N) is 1. The molecule has 6 heteroatoms. The fourth-order valence-corrected chi connectivity index (χ4v) is 2.47. The maximum Gasteiger partial charge on any atom is 0.191 e. The lowest BCUT2D eigenvalue weighted by atomic mass is 10.4. The van der Waals surface area contributed by atoms with Gasteiger partial charge in [-0.05, 0) is 31.2 Å². The molecule has 0 fully saturated rings. The van der Waals surface area contributed by atoms with E-state index in [4.69, 9.17) is 4.74 Å². The van der Waals surface area contributed by atoms with E-state index in [-0.39, 0.29) is 24.0 Å². The highest BCUT2D eigenvalue weighted by Crippen LogP contribution is 2.17. The Morgan fingerprint density at radius 1 is 1.19 bits per heavy atom.